The highest BCUT2D eigenvalue weighted by Crippen LogP contribution is 2.19. The van der Waals surface area contributed by atoms with E-state index >= 15 is 0 Å². The van der Waals surface area contributed by atoms with Crippen molar-refractivity contribution in [3.63, 3.8) is 0 Å². The molecular formula is C16H15BClNOS. The van der Waals surface area contributed by atoms with Gasteiger partial charge in [0.1, 0.15) is 0 Å². The van der Waals surface area contributed by atoms with E-state index in [2.05, 4.69) is 30.3 Å². The summed E-state index contributed by atoms with van der Waals surface area (Å²) in [4.78, 5) is 0. The van der Waals surface area contributed by atoms with Gasteiger partial charge in [-0.25, -0.2) is 0 Å². The molecule has 0 spiro atoms. The molecule has 106 valence electrons. The molecule has 0 unspecified atom stereocenters. The maximum atomic E-state index is 5.98. The standard InChI is InChI=1S/C16H15BClNOS/c18-14-7-5-13(6-8-14)17(20-10-9-19)16-11-12-3-1-2-4-15(12)21-16/h1-8,11H,9-10,19H2. The fourth-order valence-electron chi connectivity index (χ4n) is 2.30. The molecule has 0 atom stereocenters. The molecule has 0 fully saturated rings. The van der Waals surface area contributed by atoms with Gasteiger partial charge in [0.15, 0.2) is 0 Å². The monoisotopic (exact) mass is 315 g/mol. The third kappa shape index (κ3) is 3.30. The second kappa shape index (κ2) is 6.63. The normalized spacial score (nSPS) is 11.0. The van der Waals surface area contributed by atoms with Gasteiger partial charge in [0.2, 0.25) is 0 Å². The highest BCUT2D eigenvalue weighted by atomic mass is 35.5. The average Bonchev–Trinajstić information content (AvgIpc) is 2.93. The summed E-state index contributed by atoms with van der Waals surface area (Å²) in [6.45, 7) is 0.944. The van der Waals surface area contributed by atoms with Crippen molar-refractivity contribution < 1.29 is 4.65 Å². The van der Waals surface area contributed by atoms with Gasteiger partial charge in [-0.3, -0.25) is 0 Å². The Bertz CT molecular complexity index is 695. The lowest BCUT2D eigenvalue weighted by atomic mass is 9.59. The molecule has 2 nitrogen and oxygen atoms in total. The van der Waals surface area contributed by atoms with Crippen LogP contribution >= 0.6 is 22.9 Å². The molecule has 0 aliphatic rings. The van der Waals surface area contributed by atoms with E-state index in [9.17, 15) is 0 Å². The molecule has 1 heterocycles. The van der Waals surface area contributed by atoms with Crippen LogP contribution in [0.5, 0.6) is 0 Å². The molecule has 5 heteroatoms. The number of nitrogens with two attached hydrogens (primary N) is 1. The first-order valence-electron chi connectivity index (χ1n) is 6.83. The minimum Gasteiger partial charge on any atom is -0.425 e. The van der Waals surface area contributed by atoms with Gasteiger partial charge in [-0.1, -0.05) is 41.9 Å². The molecule has 0 saturated carbocycles. The van der Waals surface area contributed by atoms with Gasteiger partial charge in [0.25, 0.3) is 0 Å². The van der Waals surface area contributed by atoms with Crippen molar-refractivity contribution in [3.05, 3.63) is 59.6 Å². The highest BCUT2D eigenvalue weighted by Gasteiger charge is 2.23. The lowest BCUT2D eigenvalue weighted by molar-refractivity contribution is 0.345. The quantitative estimate of drug-likeness (QED) is 0.735. The van der Waals surface area contributed by atoms with Crippen LogP contribution in [0.2, 0.25) is 5.02 Å². The van der Waals surface area contributed by atoms with Crippen molar-refractivity contribution in [1.82, 2.24) is 0 Å². The van der Waals surface area contributed by atoms with Crippen LogP contribution < -0.4 is 16.0 Å². The molecule has 2 aromatic carbocycles. The molecular weight excluding hydrogens is 301 g/mol. The first-order chi connectivity index (χ1) is 10.3. The van der Waals surface area contributed by atoms with Gasteiger partial charge < -0.3 is 10.4 Å². The van der Waals surface area contributed by atoms with Crippen LogP contribution in [-0.4, -0.2) is 20.1 Å². The Morgan fingerprint density at radius 2 is 1.86 bits per heavy atom. The topological polar surface area (TPSA) is 35.2 Å². The van der Waals surface area contributed by atoms with E-state index in [1.165, 1.54) is 14.9 Å². The summed E-state index contributed by atoms with van der Waals surface area (Å²) < 4.78 is 8.43. The van der Waals surface area contributed by atoms with Crippen LogP contribution in [0.15, 0.2) is 54.6 Å². The van der Waals surface area contributed by atoms with Gasteiger partial charge in [-0.15, -0.1) is 11.3 Å². The molecule has 0 amide bonds. The van der Waals surface area contributed by atoms with E-state index in [0.717, 1.165) is 10.5 Å². The maximum Gasteiger partial charge on any atom is 0.372 e. The van der Waals surface area contributed by atoms with Crippen LogP contribution in [0, 0.1) is 0 Å². The SMILES string of the molecule is NCCOB(c1ccc(Cl)cc1)c1cc2ccccc2s1. The second-order valence-electron chi connectivity index (χ2n) is 4.78. The predicted molar refractivity (Wildman–Crippen MR) is 93.3 cm³/mol. The van der Waals surface area contributed by atoms with Gasteiger partial charge in [0.05, 0.1) is 0 Å². The summed E-state index contributed by atoms with van der Waals surface area (Å²) in [6.07, 6.45) is 0. The first kappa shape index (κ1) is 14.6. The Morgan fingerprint density at radius 3 is 2.57 bits per heavy atom. The summed E-state index contributed by atoms with van der Waals surface area (Å²) in [5, 5.41) is 1.97. The highest BCUT2D eigenvalue weighted by molar-refractivity contribution is 7.29. The van der Waals surface area contributed by atoms with E-state index < -0.39 is 0 Å². The number of rotatable bonds is 5. The molecule has 0 aliphatic heterocycles. The Kier molecular flexibility index (Phi) is 4.61. The van der Waals surface area contributed by atoms with Crippen LogP contribution in [0.1, 0.15) is 0 Å². The zero-order valence-electron chi connectivity index (χ0n) is 11.5. The third-order valence-corrected chi connectivity index (χ3v) is 4.69. The number of fused-ring (bicyclic) bond motifs is 1. The number of halogens is 1. The van der Waals surface area contributed by atoms with Gasteiger partial charge in [-0.05, 0) is 35.1 Å². The minimum atomic E-state index is -0.0942. The Balaban J connectivity index is 1.99. The number of thiophene rings is 1. The van der Waals surface area contributed by atoms with Gasteiger partial charge in [-0.2, -0.15) is 0 Å². The van der Waals surface area contributed by atoms with E-state index in [0.29, 0.717) is 13.2 Å². The Labute approximate surface area is 133 Å². The van der Waals surface area contributed by atoms with Crippen LogP contribution in [0.4, 0.5) is 0 Å². The van der Waals surface area contributed by atoms with E-state index in [1.807, 2.05) is 24.3 Å². The lowest BCUT2D eigenvalue weighted by Gasteiger charge is -2.12. The summed E-state index contributed by atoms with van der Waals surface area (Å²) >= 11 is 7.73. The molecule has 0 saturated heterocycles. The van der Waals surface area contributed by atoms with Crippen molar-refractivity contribution in [2.45, 2.75) is 0 Å². The molecule has 1 aromatic heterocycles. The van der Waals surface area contributed by atoms with Crippen molar-refractivity contribution in [2.75, 3.05) is 13.2 Å². The number of benzene rings is 2. The van der Waals surface area contributed by atoms with Crippen LogP contribution in [0.3, 0.4) is 0 Å². The summed E-state index contributed by atoms with van der Waals surface area (Å²) in [6, 6.07) is 18.4. The molecule has 3 aromatic rings. The Morgan fingerprint density at radius 1 is 1.10 bits per heavy atom. The molecule has 3 rings (SSSR count). The second-order valence-corrected chi connectivity index (χ2v) is 6.33. The van der Waals surface area contributed by atoms with Crippen LogP contribution in [0.25, 0.3) is 10.1 Å². The average molecular weight is 316 g/mol. The van der Waals surface area contributed by atoms with Crippen LogP contribution in [-0.2, 0) is 4.65 Å². The smallest absolute Gasteiger partial charge is 0.372 e. The van der Waals surface area contributed by atoms with Crippen molar-refractivity contribution in [3.8, 4) is 0 Å². The molecule has 0 radical (unpaired) electrons. The summed E-state index contributed by atoms with van der Waals surface area (Å²) in [5.41, 5.74) is 6.69. The van der Waals surface area contributed by atoms with Crippen molar-refractivity contribution >= 4 is 50.2 Å². The number of hydrogen-bond donors (Lipinski definition) is 1. The predicted octanol–water partition coefficient (Wildman–Crippen LogP) is 2.64. The third-order valence-electron chi connectivity index (χ3n) is 3.28. The van der Waals surface area contributed by atoms with E-state index in [4.69, 9.17) is 22.0 Å². The zero-order valence-corrected chi connectivity index (χ0v) is 13.0. The van der Waals surface area contributed by atoms with Gasteiger partial charge in [0, 0.05) is 27.7 Å². The maximum absolute atomic E-state index is 5.98. The summed E-state index contributed by atoms with van der Waals surface area (Å²) in [7, 11) is 0. The fourth-order valence-corrected chi connectivity index (χ4v) is 3.57. The number of hydrogen-bond acceptors (Lipinski definition) is 3. The first-order valence-corrected chi connectivity index (χ1v) is 8.03. The molecule has 2 N–H and O–H groups in total. The molecule has 21 heavy (non-hydrogen) atoms. The van der Waals surface area contributed by atoms with E-state index in [1.54, 1.807) is 11.3 Å². The van der Waals surface area contributed by atoms with E-state index in [-0.39, 0.29) is 6.92 Å². The summed E-state index contributed by atoms with van der Waals surface area (Å²) in [5.74, 6) is 0. The van der Waals surface area contributed by atoms with Crippen molar-refractivity contribution in [2.24, 2.45) is 5.73 Å². The van der Waals surface area contributed by atoms with Crippen molar-refractivity contribution in [1.29, 1.82) is 0 Å². The van der Waals surface area contributed by atoms with Gasteiger partial charge >= 0.3 is 6.92 Å². The largest absolute Gasteiger partial charge is 0.425 e. The minimum absolute atomic E-state index is 0.0942. The lowest BCUT2D eigenvalue weighted by Crippen LogP contribution is -2.44. The molecule has 0 bridgehead atoms. The fraction of sp³-hybridized carbons (Fsp3) is 0.125. The Hall–Kier alpha value is -1.33. The molecule has 0 aliphatic carbocycles. The zero-order chi connectivity index (χ0) is 14.7.